The summed E-state index contributed by atoms with van der Waals surface area (Å²) >= 11 is 5.66. The first-order valence-corrected chi connectivity index (χ1v) is 5.48. The van der Waals surface area contributed by atoms with Crippen LogP contribution in [0.4, 0.5) is 4.39 Å². The van der Waals surface area contributed by atoms with Crippen LogP contribution in [0.5, 0.6) is 0 Å². The second kappa shape index (κ2) is 5.10. The first-order valence-electron chi connectivity index (χ1n) is 5.10. The van der Waals surface area contributed by atoms with E-state index in [0.717, 1.165) is 5.56 Å². The fourth-order valence-corrected chi connectivity index (χ4v) is 1.84. The Labute approximate surface area is 98.2 Å². The first kappa shape index (κ1) is 11.8. The van der Waals surface area contributed by atoms with Gasteiger partial charge in [0.2, 0.25) is 0 Å². The predicted molar refractivity (Wildman–Crippen MR) is 58.9 cm³/mol. The van der Waals surface area contributed by atoms with Crippen LogP contribution in [-0.4, -0.2) is 30.5 Å². The summed E-state index contributed by atoms with van der Waals surface area (Å²) < 4.78 is 18.0. The summed E-state index contributed by atoms with van der Waals surface area (Å²) in [5, 5.41) is 12.7. The molecule has 16 heavy (non-hydrogen) atoms. The highest BCUT2D eigenvalue weighted by molar-refractivity contribution is 6.30. The first-order chi connectivity index (χ1) is 7.66. The van der Waals surface area contributed by atoms with Gasteiger partial charge in [0, 0.05) is 6.54 Å². The second-order valence-corrected chi connectivity index (χ2v) is 4.25. The van der Waals surface area contributed by atoms with Crippen molar-refractivity contribution in [2.24, 2.45) is 0 Å². The van der Waals surface area contributed by atoms with Crippen molar-refractivity contribution in [1.29, 1.82) is 0 Å². The van der Waals surface area contributed by atoms with E-state index < -0.39 is 11.9 Å². The largest absolute Gasteiger partial charge is 0.389 e. The summed E-state index contributed by atoms with van der Waals surface area (Å²) in [4.78, 5) is 0. The molecule has 0 saturated carbocycles. The van der Waals surface area contributed by atoms with Gasteiger partial charge in [0.05, 0.1) is 30.4 Å². The van der Waals surface area contributed by atoms with Gasteiger partial charge in [0.25, 0.3) is 0 Å². The molecule has 0 aliphatic carbocycles. The zero-order valence-electron chi connectivity index (χ0n) is 8.62. The van der Waals surface area contributed by atoms with Crippen molar-refractivity contribution in [3.63, 3.8) is 0 Å². The van der Waals surface area contributed by atoms with Crippen molar-refractivity contribution in [3.8, 4) is 0 Å². The minimum absolute atomic E-state index is 0.0659. The summed E-state index contributed by atoms with van der Waals surface area (Å²) in [5.74, 6) is -0.422. The van der Waals surface area contributed by atoms with Gasteiger partial charge in [0.1, 0.15) is 5.82 Å². The van der Waals surface area contributed by atoms with Gasteiger partial charge in [-0.15, -0.1) is 0 Å². The van der Waals surface area contributed by atoms with E-state index in [0.29, 0.717) is 19.8 Å². The Morgan fingerprint density at radius 2 is 2.31 bits per heavy atom. The highest BCUT2D eigenvalue weighted by Gasteiger charge is 2.25. The van der Waals surface area contributed by atoms with E-state index in [4.69, 9.17) is 16.3 Å². The molecule has 2 unspecified atom stereocenters. The molecule has 1 aliphatic rings. The van der Waals surface area contributed by atoms with Crippen molar-refractivity contribution < 1.29 is 14.2 Å². The zero-order valence-corrected chi connectivity index (χ0v) is 9.38. The lowest BCUT2D eigenvalue weighted by Crippen LogP contribution is -2.38. The molecular formula is C11H13ClFNO2. The van der Waals surface area contributed by atoms with Crippen LogP contribution in [0.1, 0.15) is 5.56 Å². The van der Waals surface area contributed by atoms with Crippen molar-refractivity contribution in [2.75, 3.05) is 13.2 Å². The molecule has 2 atom stereocenters. The van der Waals surface area contributed by atoms with Gasteiger partial charge in [-0.25, -0.2) is 4.39 Å². The van der Waals surface area contributed by atoms with Gasteiger partial charge >= 0.3 is 0 Å². The number of halogens is 2. The van der Waals surface area contributed by atoms with Crippen LogP contribution >= 0.6 is 11.6 Å². The maximum absolute atomic E-state index is 12.9. The van der Waals surface area contributed by atoms with Gasteiger partial charge in [-0.2, -0.15) is 0 Å². The highest BCUT2D eigenvalue weighted by Crippen LogP contribution is 2.16. The standard InChI is InChI=1S/C11H13ClFNO2/c12-8-3-7(1-2-9(8)13)4-14-10-5-16-6-11(10)15/h1-3,10-11,14-15H,4-6H2. The fourth-order valence-electron chi connectivity index (χ4n) is 1.64. The monoisotopic (exact) mass is 245 g/mol. The molecule has 2 rings (SSSR count). The molecule has 1 fully saturated rings. The van der Waals surface area contributed by atoms with Gasteiger partial charge < -0.3 is 15.2 Å². The SMILES string of the molecule is OC1COCC1NCc1ccc(F)c(Cl)c1. The van der Waals surface area contributed by atoms with E-state index in [2.05, 4.69) is 5.32 Å². The van der Waals surface area contributed by atoms with Crippen molar-refractivity contribution in [1.82, 2.24) is 5.32 Å². The van der Waals surface area contributed by atoms with Gasteiger partial charge in [-0.3, -0.25) is 0 Å². The quantitative estimate of drug-likeness (QED) is 0.844. The number of hydrogen-bond acceptors (Lipinski definition) is 3. The summed E-state index contributed by atoms with van der Waals surface area (Å²) in [6, 6.07) is 4.51. The average Bonchev–Trinajstić information content (AvgIpc) is 2.66. The molecule has 2 N–H and O–H groups in total. The van der Waals surface area contributed by atoms with E-state index in [9.17, 15) is 9.50 Å². The van der Waals surface area contributed by atoms with E-state index >= 15 is 0 Å². The van der Waals surface area contributed by atoms with Crippen LogP contribution in [0.2, 0.25) is 5.02 Å². The molecule has 1 aliphatic heterocycles. The maximum atomic E-state index is 12.9. The Kier molecular flexibility index (Phi) is 3.76. The summed E-state index contributed by atoms with van der Waals surface area (Å²) in [6.07, 6.45) is -0.476. The van der Waals surface area contributed by atoms with Crippen LogP contribution in [0, 0.1) is 5.82 Å². The van der Waals surface area contributed by atoms with Crippen LogP contribution in [0.3, 0.4) is 0 Å². The van der Waals surface area contributed by atoms with Gasteiger partial charge in [-0.1, -0.05) is 17.7 Å². The summed E-state index contributed by atoms with van der Waals surface area (Å²) in [7, 11) is 0. The lowest BCUT2D eigenvalue weighted by atomic mass is 10.1. The topological polar surface area (TPSA) is 41.5 Å². The molecule has 1 saturated heterocycles. The smallest absolute Gasteiger partial charge is 0.141 e. The minimum atomic E-state index is -0.476. The van der Waals surface area contributed by atoms with Gasteiger partial charge in [-0.05, 0) is 17.7 Å². The third-order valence-corrected chi connectivity index (χ3v) is 2.89. The molecule has 0 bridgehead atoms. The summed E-state index contributed by atoms with van der Waals surface area (Å²) in [6.45, 7) is 1.39. The molecule has 0 aromatic heterocycles. The molecule has 0 amide bonds. The van der Waals surface area contributed by atoms with Gasteiger partial charge in [0.15, 0.2) is 0 Å². The Bertz CT molecular complexity index is 375. The van der Waals surface area contributed by atoms with Crippen molar-refractivity contribution in [2.45, 2.75) is 18.7 Å². The molecule has 0 spiro atoms. The third kappa shape index (κ3) is 2.71. The highest BCUT2D eigenvalue weighted by atomic mass is 35.5. The molecule has 88 valence electrons. The lowest BCUT2D eigenvalue weighted by Gasteiger charge is -2.14. The lowest BCUT2D eigenvalue weighted by molar-refractivity contribution is 0.122. The van der Waals surface area contributed by atoms with E-state index in [1.54, 1.807) is 12.1 Å². The number of hydrogen-bond donors (Lipinski definition) is 2. The fraction of sp³-hybridized carbons (Fsp3) is 0.455. The number of aliphatic hydroxyl groups is 1. The second-order valence-electron chi connectivity index (χ2n) is 3.84. The Balaban J connectivity index is 1.91. The number of ether oxygens (including phenoxy) is 1. The average molecular weight is 246 g/mol. The molecular weight excluding hydrogens is 233 g/mol. The number of benzene rings is 1. The number of aliphatic hydroxyl groups excluding tert-OH is 1. The molecule has 5 heteroatoms. The number of nitrogens with one attached hydrogen (secondary N) is 1. The minimum Gasteiger partial charge on any atom is -0.389 e. The predicted octanol–water partition coefficient (Wildman–Crippen LogP) is 1.33. The summed E-state index contributed by atoms with van der Waals surface area (Å²) in [5.41, 5.74) is 0.880. The molecule has 3 nitrogen and oxygen atoms in total. The number of rotatable bonds is 3. The Morgan fingerprint density at radius 3 is 2.94 bits per heavy atom. The normalized spacial score (nSPS) is 24.9. The van der Waals surface area contributed by atoms with E-state index in [1.807, 2.05) is 0 Å². The van der Waals surface area contributed by atoms with Crippen LogP contribution in [-0.2, 0) is 11.3 Å². The van der Waals surface area contributed by atoms with E-state index in [-0.39, 0.29) is 11.1 Å². The zero-order chi connectivity index (χ0) is 11.5. The Hall–Kier alpha value is -0.680. The Morgan fingerprint density at radius 1 is 1.50 bits per heavy atom. The van der Waals surface area contributed by atoms with Crippen molar-refractivity contribution >= 4 is 11.6 Å². The molecule has 1 heterocycles. The maximum Gasteiger partial charge on any atom is 0.141 e. The molecule has 1 aromatic carbocycles. The molecule has 1 aromatic rings. The molecule has 0 radical (unpaired) electrons. The van der Waals surface area contributed by atoms with E-state index in [1.165, 1.54) is 6.07 Å². The van der Waals surface area contributed by atoms with Crippen LogP contribution in [0.25, 0.3) is 0 Å². The van der Waals surface area contributed by atoms with Crippen molar-refractivity contribution in [3.05, 3.63) is 34.6 Å². The third-order valence-electron chi connectivity index (χ3n) is 2.60. The van der Waals surface area contributed by atoms with Crippen LogP contribution in [0.15, 0.2) is 18.2 Å². The van der Waals surface area contributed by atoms with Crippen LogP contribution < -0.4 is 5.32 Å².